The highest BCUT2D eigenvalue weighted by atomic mass is 16.9. The fourth-order valence-corrected chi connectivity index (χ4v) is 8.26. The molecule has 8 atom stereocenters. The zero-order valence-corrected chi connectivity index (χ0v) is 16.6. The Morgan fingerprint density at radius 1 is 0.929 bits per heavy atom. The molecule has 4 aliphatic carbocycles. The van der Waals surface area contributed by atoms with E-state index in [0.29, 0.717) is 55.2 Å². The first-order chi connectivity index (χ1) is 13.5. The SMILES string of the molecule is C[C@]12CCC(=O)C[C@@H]1CC[C@@H]1[C@@H]3CC[C@@]4(OCO[C@]45COCO5)[C@H]3CC(=O)[C@@H]12. The molecule has 6 aliphatic rings. The number of fused-ring (bicyclic) bond motifs is 7. The van der Waals surface area contributed by atoms with Crippen LogP contribution in [0, 0.1) is 35.0 Å². The van der Waals surface area contributed by atoms with Crippen molar-refractivity contribution < 1.29 is 28.5 Å². The molecule has 0 bridgehead atoms. The van der Waals surface area contributed by atoms with Crippen LogP contribution in [-0.2, 0) is 28.5 Å². The van der Waals surface area contributed by atoms with Crippen LogP contribution in [0.3, 0.4) is 0 Å². The maximum atomic E-state index is 13.6. The van der Waals surface area contributed by atoms with E-state index in [1.54, 1.807) is 0 Å². The van der Waals surface area contributed by atoms with Gasteiger partial charge in [0.2, 0.25) is 5.79 Å². The van der Waals surface area contributed by atoms with Gasteiger partial charge in [-0.05, 0) is 55.3 Å². The molecule has 4 saturated carbocycles. The largest absolute Gasteiger partial charge is 0.350 e. The summed E-state index contributed by atoms with van der Waals surface area (Å²) in [6.45, 7) is 3.14. The van der Waals surface area contributed by atoms with Gasteiger partial charge in [0.1, 0.15) is 23.8 Å². The number of carbonyl (C=O) groups excluding carboxylic acids is 2. The Bertz CT molecular complexity index is 708. The van der Waals surface area contributed by atoms with Gasteiger partial charge in [0, 0.05) is 31.1 Å². The number of ketones is 2. The quantitative estimate of drug-likeness (QED) is 0.633. The first-order valence-corrected chi connectivity index (χ1v) is 11.0. The minimum absolute atomic E-state index is 0.00762. The molecule has 0 aromatic rings. The Morgan fingerprint density at radius 2 is 1.79 bits per heavy atom. The third-order valence-electron chi connectivity index (χ3n) is 9.54. The average Bonchev–Trinajstić information content (AvgIpc) is 3.38. The Labute approximate surface area is 165 Å². The summed E-state index contributed by atoms with van der Waals surface area (Å²) in [5.74, 6) is 1.46. The summed E-state index contributed by atoms with van der Waals surface area (Å²) >= 11 is 0. The summed E-state index contributed by atoms with van der Waals surface area (Å²) in [5.41, 5.74) is -0.554. The van der Waals surface area contributed by atoms with E-state index in [4.69, 9.17) is 18.9 Å². The van der Waals surface area contributed by atoms with Gasteiger partial charge in [-0.3, -0.25) is 9.59 Å². The first-order valence-electron chi connectivity index (χ1n) is 11.0. The smallest absolute Gasteiger partial charge is 0.226 e. The third kappa shape index (κ3) is 2.08. The second kappa shape index (κ2) is 5.87. The van der Waals surface area contributed by atoms with Crippen LogP contribution in [0.15, 0.2) is 0 Å². The van der Waals surface area contributed by atoms with E-state index in [9.17, 15) is 9.59 Å². The van der Waals surface area contributed by atoms with Gasteiger partial charge in [0.25, 0.3) is 0 Å². The van der Waals surface area contributed by atoms with Crippen LogP contribution in [0.25, 0.3) is 0 Å². The van der Waals surface area contributed by atoms with Crippen LogP contribution in [-0.4, -0.2) is 43.1 Å². The molecule has 6 rings (SSSR count). The maximum Gasteiger partial charge on any atom is 0.226 e. The molecule has 0 aromatic heterocycles. The second-order valence-electron chi connectivity index (χ2n) is 10.3. The monoisotopic (exact) mass is 390 g/mol. The van der Waals surface area contributed by atoms with Gasteiger partial charge in [-0.15, -0.1) is 0 Å². The number of hydrogen-bond donors (Lipinski definition) is 0. The molecule has 0 unspecified atom stereocenters. The molecule has 0 radical (unpaired) electrons. The summed E-state index contributed by atoms with van der Waals surface area (Å²) < 4.78 is 23.7. The van der Waals surface area contributed by atoms with Crippen molar-refractivity contribution in [1.82, 2.24) is 0 Å². The molecule has 0 amide bonds. The standard InChI is InChI=1S/C22H30O6/c1-20-6-4-14(23)8-13(20)2-3-16-15-5-7-21(17(15)9-18(24)19(16)20)22(28-12-26-21)10-25-11-27-22/h13,15-17,19H,2-12H2,1H3/t13-,15-,16+,17-,19+,20-,21+,22+/m0/s1. The molecule has 154 valence electrons. The average molecular weight is 390 g/mol. The topological polar surface area (TPSA) is 71.1 Å². The first kappa shape index (κ1) is 18.0. The van der Waals surface area contributed by atoms with Crippen LogP contribution < -0.4 is 0 Å². The molecule has 6 nitrogen and oxygen atoms in total. The van der Waals surface area contributed by atoms with Gasteiger partial charge in [-0.1, -0.05) is 6.92 Å². The number of hydrogen-bond acceptors (Lipinski definition) is 6. The van der Waals surface area contributed by atoms with Crippen molar-refractivity contribution in [3.63, 3.8) is 0 Å². The highest BCUT2D eigenvalue weighted by Gasteiger charge is 2.72. The van der Waals surface area contributed by atoms with Crippen LogP contribution in [0.5, 0.6) is 0 Å². The molecule has 0 aromatic carbocycles. The van der Waals surface area contributed by atoms with Gasteiger partial charge >= 0.3 is 0 Å². The lowest BCUT2D eigenvalue weighted by Crippen LogP contribution is -2.61. The number of rotatable bonds is 0. The lowest BCUT2D eigenvalue weighted by Gasteiger charge is -2.57. The van der Waals surface area contributed by atoms with Crippen molar-refractivity contribution in [3.05, 3.63) is 0 Å². The molecule has 0 N–H and O–H groups in total. The zero-order valence-electron chi connectivity index (χ0n) is 16.6. The van der Waals surface area contributed by atoms with Crippen molar-refractivity contribution in [2.45, 2.75) is 69.7 Å². The summed E-state index contributed by atoms with van der Waals surface area (Å²) in [4.78, 5) is 25.7. The van der Waals surface area contributed by atoms with E-state index in [0.717, 1.165) is 32.1 Å². The zero-order chi connectivity index (χ0) is 19.1. The molecule has 2 saturated heterocycles. The van der Waals surface area contributed by atoms with E-state index in [1.165, 1.54) is 0 Å². The predicted octanol–water partition coefficient (Wildman–Crippen LogP) is 2.83. The van der Waals surface area contributed by atoms with Crippen molar-refractivity contribution >= 4 is 11.6 Å². The lowest BCUT2D eigenvalue weighted by atomic mass is 9.46. The summed E-state index contributed by atoms with van der Waals surface area (Å²) in [6, 6.07) is 0. The van der Waals surface area contributed by atoms with Gasteiger partial charge in [-0.25, -0.2) is 0 Å². The Kier molecular flexibility index (Phi) is 3.77. The molecule has 28 heavy (non-hydrogen) atoms. The minimum atomic E-state index is -0.835. The van der Waals surface area contributed by atoms with Gasteiger partial charge in [-0.2, -0.15) is 0 Å². The van der Waals surface area contributed by atoms with E-state index in [-0.39, 0.29) is 30.8 Å². The molecule has 6 fully saturated rings. The summed E-state index contributed by atoms with van der Waals surface area (Å²) in [6.07, 6.45) is 6.83. The highest BCUT2D eigenvalue weighted by Crippen LogP contribution is 2.66. The fraction of sp³-hybridized carbons (Fsp3) is 0.909. The van der Waals surface area contributed by atoms with Crippen LogP contribution >= 0.6 is 0 Å². The van der Waals surface area contributed by atoms with Gasteiger partial charge in [0.15, 0.2) is 13.6 Å². The molecule has 6 heteroatoms. The van der Waals surface area contributed by atoms with E-state index in [2.05, 4.69) is 6.92 Å². The predicted molar refractivity (Wildman–Crippen MR) is 96.9 cm³/mol. The Hall–Kier alpha value is -0.820. The molecular weight excluding hydrogens is 360 g/mol. The number of carbonyl (C=O) groups is 2. The van der Waals surface area contributed by atoms with Crippen LogP contribution in [0.4, 0.5) is 0 Å². The summed E-state index contributed by atoms with van der Waals surface area (Å²) in [7, 11) is 0. The Morgan fingerprint density at radius 3 is 2.61 bits per heavy atom. The van der Waals surface area contributed by atoms with E-state index in [1.807, 2.05) is 0 Å². The van der Waals surface area contributed by atoms with E-state index >= 15 is 0 Å². The molecular formula is C22H30O6. The minimum Gasteiger partial charge on any atom is -0.350 e. The van der Waals surface area contributed by atoms with Crippen molar-refractivity contribution in [3.8, 4) is 0 Å². The van der Waals surface area contributed by atoms with Crippen molar-refractivity contribution in [2.24, 2.45) is 35.0 Å². The molecule has 2 spiro atoms. The van der Waals surface area contributed by atoms with Crippen molar-refractivity contribution in [1.29, 1.82) is 0 Å². The van der Waals surface area contributed by atoms with Crippen LogP contribution in [0.1, 0.15) is 58.3 Å². The van der Waals surface area contributed by atoms with Gasteiger partial charge < -0.3 is 18.9 Å². The third-order valence-corrected chi connectivity index (χ3v) is 9.54. The number of ether oxygens (including phenoxy) is 4. The Balaban J connectivity index is 1.35. The highest BCUT2D eigenvalue weighted by molar-refractivity contribution is 5.85. The number of Topliss-reactive ketones (excluding diaryl/α,β-unsaturated/α-hetero) is 2. The van der Waals surface area contributed by atoms with Gasteiger partial charge in [0.05, 0.1) is 0 Å². The van der Waals surface area contributed by atoms with Crippen LogP contribution in [0.2, 0.25) is 0 Å². The lowest BCUT2D eigenvalue weighted by molar-refractivity contribution is -0.226. The molecule has 2 heterocycles. The summed E-state index contributed by atoms with van der Waals surface area (Å²) in [5, 5.41) is 0. The fourth-order valence-electron chi connectivity index (χ4n) is 8.26. The maximum absolute atomic E-state index is 13.6. The van der Waals surface area contributed by atoms with E-state index < -0.39 is 11.4 Å². The normalized spacial score (nSPS) is 55.5. The molecule has 2 aliphatic heterocycles. The second-order valence-corrected chi connectivity index (χ2v) is 10.3. The van der Waals surface area contributed by atoms with Crippen molar-refractivity contribution in [2.75, 3.05) is 20.2 Å².